The highest BCUT2D eigenvalue weighted by atomic mass is 16.7. The van der Waals surface area contributed by atoms with Crippen molar-refractivity contribution in [3.63, 3.8) is 0 Å². The molecule has 5 nitrogen and oxygen atoms in total. The fraction of sp³-hybridized carbons (Fsp3) is 0.421. The van der Waals surface area contributed by atoms with E-state index in [4.69, 9.17) is 9.47 Å². The van der Waals surface area contributed by atoms with Crippen LogP contribution in [0.25, 0.3) is 0 Å². The Labute approximate surface area is 142 Å². The van der Waals surface area contributed by atoms with Gasteiger partial charge >= 0.3 is 0 Å². The van der Waals surface area contributed by atoms with Gasteiger partial charge in [0.05, 0.1) is 0 Å². The summed E-state index contributed by atoms with van der Waals surface area (Å²) in [5.41, 5.74) is 2.47. The molecule has 2 aliphatic rings. The Morgan fingerprint density at radius 2 is 1.71 bits per heavy atom. The first-order valence-corrected chi connectivity index (χ1v) is 8.68. The van der Waals surface area contributed by atoms with Gasteiger partial charge in [0.1, 0.15) is 5.82 Å². The van der Waals surface area contributed by atoms with Gasteiger partial charge in [0, 0.05) is 32.4 Å². The standard InChI is InChI=1S/C19H23N3O2/c1-2-8-22(9-3-1)19-11-16(6-7-21-19)13-20-12-15-4-5-17-18(10-15)24-14-23-17/h4-7,10-11,20H,1-3,8-9,12-14H2. The maximum atomic E-state index is 5.42. The van der Waals surface area contributed by atoms with Crippen molar-refractivity contribution in [3.05, 3.63) is 47.7 Å². The molecule has 0 aliphatic carbocycles. The SMILES string of the molecule is c1cc(CNCc2ccc3c(c2)OCO3)cc(N2CCCCC2)n1. The van der Waals surface area contributed by atoms with E-state index in [2.05, 4.69) is 33.4 Å². The molecule has 0 spiro atoms. The zero-order chi connectivity index (χ0) is 16.2. The topological polar surface area (TPSA) is 46.6 Å². The Balaban J connectivity index is 1.34. The van der Waals surface area contributed by atoms with Crippen LogP contribution in [0.5, 0.6) is 11.5 Å². The van der Waals surface area contributed by atoms with Crippen LogP contribution >= 0.6 is 0 Å². The summed E-state index contributed by atoms with van der Waals surface area (Å²) >= 11 is 0. The van der Waals surface area contributed by atoms with Crippen LogP contribution in [0.15, 0.2) is 36.5 Å². The second-order valence-electron chi connectivity index (χ2n) is 6.36. The molecule has 2 aliphatic heterocycles. The van der Waals surface area contributed by atoms with Gasteiger partial charge in [-0.1, -0.05) is 6.07 Å². The van der Waals surface area contributed by atoms with Crippen molar-refractivity contribution in [1.29, 1.82) is 0 Å². The van der Waals surface area contributed by atoms with E-state index in [-0.39, 0.29) is 0 Å². The van der Waals surface area contributed by atoms with Crippen LogP contribution in [-0.4, -0.2) is 24.9 Å². The van der Waals surface area contributed by atoms with Gasteiger partial charge in [-0.15, -0.1) is 0 Å². The highest BCUT2D eigenvalue weighted by Gasteiger charge is 2.13. The Hall–Kier alpha value is -2.27. The number of benzene rings is 1. The predicted molar refractivity (Wildman–Crippen MR) is 93.4 cm³/mol. The van der Waals surface area contributed by atoms with E-state index in [1.807, 2.05) is 18.3 Å². The minimum absolute atomic E-state index is 0.322. The second kappa shape index (κ2) is 7.09. The summed E-state index contributed by atoms with van der Waals surface area (Å²) in [7, 11) is 0. The van der Waals surface area contributed by atoms with E-state index in [0.717, 1.165) is 43.5 Å². The van der Waals surface area contributed by atoms with Crippen molar-refractivity contribution in [2.45, 2.75) is 32.4 Å². The summed E-state index contributed by atoms with van der Waals surface area (Å²) in [6.07, 6.45) is 5.80. The van der Waals surface area contributed by atoms with Crippen LogP contribution in [-0.2, 0) is 13.1 Å². The number of anilines is 1. The first kappa shape index (κ1) is 15.3. The lowest BCUT2D eigenvalue weighted by atomic mass is 10.1. The van der Waals surface area contributed by atoms with E-state index in [9.17, 15) is 0 Å². The van der Waals surface area contributed by atoms with Crippen LogP contribution in [0.1, 0.15) is 30.4 Å². The number of nitrogens with zero attached hydrogens (tertiary/aromatic N) is 2. The largest absolute Gasteiger partial charge is 0.454 e. The summed E-state index contributed by atoms with van der Waals surface area (Å²) < 4.78 is 10.8. The summed E-state index contributed by atoms with van der Waals surface area (Å²) in [5, 5.41) is 3.50. The number of rotatable bonds is 5. The van der Waals surface area contributed by atoms with Gasteiger partial charge < -0.3 is 19.7 Å². The predicted octanol–water partition coefficient (Wildman–Crippen LogP) is 3.09. The molecule has 5 heteroatoms. The van der Waals surface area contributed by atoms with Crippen molar-refractivity contribution in [3.8, 4) is 11.5 Å². The zero-order valence-corrected chi connectivity index (χ0v) is 13.8. The van der Waals surface area contributed by atoms with Gasteiger partial charge in [-0.25, -0.2) is 4.98 Å². The van der Waals surface area contributed by atoms with Gasteiger partial charge in [0.2, 0.25) is 6.79 Å². The lowest BCUT2D eigenvalue weighted by Gasteiger charge is -2.27. The molecule has 1 fully saturated rings. The smallest absolute Gasteiger partial charge is 0.231 e. The monoisotopic (exact) mass is 325 g/mol. The third-order valence-corrected chi connectivity index (χ3v) is 4.59. The minimum Gasteiger partial charge on any atom is -0.454 e. The zero-order valence-electron chi connectivity index (χ0n) is 13.8. The van der Waals surface area contributed by atoms with Crippen molar-refractivity contribution in [1.82, 2.24) is 10.3 Å². The lowest BCUT2D eigenvalue weighted by molar-refractivity contribution is 0.174. The number of piperidine rings is 1. The highest BCUT2D eigenvalue weighted by molar-refractivity contribution is 5.44. The van der Waals surface area contributed by atoms with Crippen LogP contribution < -0.4 is 19.7 Å². The van der Waals surface area contributed by atoms with Gasteiger partial charge in [-0.05, 0) is 54.7 Å². The Morgan fingerprint density at radius 3 is 2.58 bits per heavy atom. The van der Waals surface area contributed by atoms with Crippen LogP contribution in [0.4, 0.5) is 5.82 Å². The van der Waals surface area contributed by atoms with Crippen LogP contribution in [0, 0.1) is 0 Å². The van der Waals surface area contributed by atoms with Crippen molar-refractivity contribution >= 4 is 5.82 Å². The molecule has 4 rings (SSSR count). The van der Waals surface area contributed by atoms with Gasteiger partial charge in [0.25, 0.3) is 0 Å². The van der Waals surface area contributed by atoms with Crippen molar-refractivity contribution < 1.29 is 9.47 Å². The third kappa shape index (κ3) is 3.46. The van der Waals surface area contributed by atoms with Gasteiger partial charge in [-0.3, -0.25) is 0 Å². The van der Waals surface area contributed by atoms with E-state index < -0.39 is 0 Å². The molecule has 1 aromatic carbocycles. The Bertz CT molecular complexity index is 699. The first-order valence-electron chi connectivity index (χ1n) is 8.68. The molecule has 2 aromatic rings. The molecule has 3 heterocycles. The average molecular weight is 325 g/mol. The molecule has 24 heavy (non-hydrogen) atoms. The highest BCUT2D eigenvalue weighted by Crippen LogP contribution is 2.32. The first-order chi connectivity index (χ1) is 11.9. The quantitative estimate of drug-likeness (QED) is 0.915. The van der Waals surface area contributed by atoms with Crippen LogP contribution in [0.3, 0.4) is 0 Å². The van der Waals surface area contributed by atoms with E-state index in [1.54, 1.807) is 0 Å². The molecule has 0 unspecified atom stereocenters. The number of ether oxygens (including phenoxy) is 2. The van der Waals surface area contributed by atoms with Gasteiger partial charge in [-0.2, -0.15) is 0 Å². The number of hydrogen-bond donors (Lipinski definition) is 1. The maximum absolute atomic E-state index is 5.42. The molecule has 0 radical (unpaired) electrons. The number of hydrogen-bond acceptors (Lipinski definition) is 5. The third-order valence-electron chi connectivity index (χ3n) is 4.59. The Morgan fingerprint density at radius 1 is 0.917 bits per heavy atom. The molecule has 126 valence electrons. The van der Waals surface area contributed by atoms with Crippen LogP contribution in [0.2, 0.25) is 0 Å². The van der Waals surface area contributed by atoms with E-state index in [0.29, 0.717) is 6.79 Å². The van der Waals surface area contributed by atoms with E-state index in [1.165, 1.54) is 30.4 Å². The molecule has 0 amide bonds. The van der Waals surface area contributed by atoms with E-state index >= 15 is 0 Å². The molecule has 1 aromatic heterocycles. The normalized spacial score (nSPS) is 16.4. The molecular weight excluding hydrogens is 302 g/mol. The van der Waals surface area contributed by atoms with Crippen molar-refractivity contribution in [2.75, 3.05) is 24.8 Å². The maximum Gasteiger partial charge on any atom is 0.231 e. The second-order valence-corrected chi connectivity index (χ2v) is 6.36. The summed E-state index contributed by atoms with van der Waals surface area (Å²) in [6, 6.07) is 10.4. The summed E-state index contributed by atoms with van der Waals surface area (Å²) in [6.45, 7) is 4.21. The number of nitrogens with one attached hydrogen (secondary N) is 1. The molecule has 0 atom stereocenters. The lowest BCUT2D eigenvalue weighted by Crippen LogP contribution is -2.30. The number of aromatic nitrogens is 1. The average Bonchev–Trinajstić information content (AvgIpc) is 3.11. The van der Waals surface area contributed by atoms with Crippen molar-refractivity contribution in [2.24, 2.45) is 0 Å². The summed E-state index contributed by atoms with van der Waals surface area (Å²) in [4.78, 5) is 6.93. The number of pyridine rings is 1. The molecular formula is C19H23N3O2. The number of fused-ring (bicyclic) bond motifs is 1. The molecule has 0 saturated carbocycles. The molecule has 1 saturated heterocycles. The fourth-order valence-corrected chi connectivity index (χ4v) is 3.27. The Kier molecular flexibility index (Phi) is 4.51. The molecule has 1 N–H and O–H groups in total. The fourth-order valence-electron chi connectivity index (χ4n) is 3.27. The van der Waals surface area contributed by atoms with Gasteiger partial charge in [0.15, 0.2) is 11.5 Å². The molecule has 0 bridgehead atoms. The summed E-state index contributed by atoms with van der Waals surface area (Å²) in [5.74, 6) is 2.78. The minimum atomic E-state index is 0.322.